The van der Waals surface area contributed by atoms with Gasteiger partial charge in [-0.15, -0.1) is 0 Å². The van der Waals surface area contributed by atoms with Gasteiger partial charge in [-0.25, -0.2) is 8.78 Å². The normalized spacial score (nSPS) is 11.0. The highest BCUT2D eigenvalue weighted by Crippen LogP contribution is 2.16. The average molecular weight is 263 g/mol. The van der Waals surface area contributed by atoms with Gasteiger partial charge in [0.25, 0.3) is 0 Å². The van der Waals surface area contributed by atoms with E-state index in [0.29, 0.717) is 17.0 Å². The van der Waals surface area contributed by atoms with E-state index in [1.165, 1.54) is 4.57 Å². The summed E-state index contributed by atoms with van der Waals surface area (Å²) < 4.78 is 26.3. The molecular weight excluding hydrogens is 248 g/mol. The highest BCUT2D eigenvalue weighted by Gasteiger charge is 2.16. The Labute approximate surface area is 110 Å². The van der Waals surface area contributed by atoms with Crippen molar-refractivity contribution in [2.75, 3.05) is 0 Å². The van der Waals surface area contributed by atoms with E-state index < -0.39 is 6.43 Å². The van der Waals surface area contributed by atoms with Gasteiger partial charge in [-0.3, -0.25) is 4.79 Å². The van der Waals surface area contributed by atoms with E-state index in [1.54, 1.807) is 31.3 Å². The first-order valence-corrected chi connectivity index (χ1v) is 6.03. The van der Waals surface area contributed by atoms with E-state index >= 15 is 0 Å². The van der Waals surface area contributed by atoms with Crippen LogP contribution in [0.1, 0.15) is 27.3 Å². The third kappa shape index (κ3) is 2.89. The van der Waals surface area contributed by atoms with Crippen molar-refractivity contribution in [3.8, 4) is 0 Å². The van der Waals surface area contributed by atoms with Gasteiger partial charge in [0.15, 0.2) is 0 Å². The molecule has 0 spiro atoms. The first-order chi connectivity index (χ1) is 8.99. The predicted octanol–water partition coefficient (Wildman–Crippen LogP) is 3.37. The van der Waals surface area contributed by atoms with Crippen LogP contribution in [0.25, 0.3) is 0 Å². The minimum atomic E-state index is -2.41. The molecule has 0 fully saturated rings. The van der Waals surface area contributed by atoms with Gasteiger partial charge in [-0.2, -0.15) is 0 Å². The number of nitrogens with zero attached hydrogens (tertiary/aromatic N) is 1. The summed E-state index contributed by atoms with van der Waals surface area (Å²) in [7, 11) is 1.64. The molecule has 0 radical (unpaired) electrons. The molecule has 1 aromatic carbocycles. The summed E-state index contributed by atoms with van der Waals surface area (Å²) in [6, 6.07) is 10.4. The van der Waals surface area contributed by atoms with Crippen molar-refractivity contribution in [2.45, 2.75) is 19.8 Å². The summed E-state index contributed by atoms with van der Waals surface area (Å²) in [5, 5.41) is 0. The monoisotopic (exact) mass is 263 g/mol. The second-order valence-corrected chi connectivity index (χ2v) is 4.56. The summed E-state index contributed by atoms with van der Waals surface area (Å²) in [6.45, 7) is 1.94. The van der Waals surface area contributed by atoms with Gasteiger partial charge in [0, 0.05) is 24.7 Å². The molecule has 0 aliphatic carbocycles. The van der Waals surface area contributed by atoms with Crippen molar-refractivity contribution in [1.29, 1.82) is 0 Å². The minimum absolute atomic E-state index is 0.150. The van der Waals surface area contributed by atoms with Crippen LogP contribution < -0.4 is 0 Å². The second-order valence-electron chi connectivity index (χ2n) is 4.56. The van der Waals surface area contributed by atoms with Crippen molar-refractivity contribution in [2.24, 2.45) is 7.05 Å². The highest BCUT2D eigenvalue weighted by atomic mass is 19.3. The Morgan fingerprint density at radius 1 is 1.16 bits per heavy atom. The van der Waals surface area contributed by atoms with Crippen LogP contribution in [0.4, 0.5) is 8.78 Å². The van der Waals surface area contributed by atoms with E-state index in [1.807, 2.05) is 19.1 Å². The lowest BCUT2D eigenvalue weighted by Crippen LogP contribution is -2.10. The van der Waals surface area contributed by atoms with Gasteiger partial charge in [0.05, 0.1) is 5.69 Å². The van der Waals surface area contributed by atoms with Crippen LogP contribution in [0.15, 0.2) is 36.4 Å². The molecule has 1 aromatic heterocycles. The maximum absolute atomic E-state index is 12.4. The van der Waals surface area contributed by atoms with Gasteiger partial charge < -0.3 is 4.57 Å². The molecule has 0 atom stereocenters. The van der Waals surface area contributed by atoms with Crippen LogP contribution in [0.5, 0.6) is 0 Å². The number of alkyl halides is 2. The number of aromatic nitrogens is 1. The molecule has 2 aromatic rings. The third-order valence-corrected chi connectivity index (χ3v) is 3.14. The van der Waals surface area contributed by atoms with E-state index in [-0.39, 0.29) is 12.2 Å². The van der Waals surface area contributed by atoms with Gasteiger partial charge in [0.1, 0.15) is 0 Å². The lowest BCUT2D eigenvalue weighted by atomic mass is 10.1. The van der Waals surface area contributed by atoms with Crippen LogP contribution in [0.3, 0.4) is 0 Å². The Bertz CT molecular complexity index is 585. The first-order valence-electron chi connectivity index (χ1n) is 6.03. The second kappa shape index (κ2) is 5.34. The number of aryl methyl sites for hydroxylation is 1. The molecule has 0 aliphatic rings. The fourth-order valence-electron chi connectivity index (χ4n) is 2.00. The van der Waals surface area contributed by atoms with Crippen molar-refractivity contribution in [1.82, 2.24) is 4.57 Å². The fraction of sp³-hybridized carbons (Fsp3) is 0.267. The number of hydrogen-bond acceptors (Lipinski definition) is 1. The van der Waals surface area contributed by atoms with Crippen molar-refractivity contribution >= 4 is 5.78 Å². The number of benzene rings is 1. The first kappa shape index (κ1) is 13.5. The molecule has 0 saturated carbocycles. The van der Waals surface area contributed by atoms with E-state index in [4.69, 9.17) is 0 Å². The van der Waals surface area contributed by atoms with Gasteiger partial charge in [-0.1, -0.05) is 29.8 Å². The molecule has 0 amide bonds. The molecule has 0 saturated heterocycles. The molecular formula is C15H15F2NO. The zero-order valence-electron chi connectivity index (χ0n) is 10.9. The summed E-state index contributed by atoms with van der Waals surface area (Å²) >= 11 is 0. The Balaban J connectivity index is 2.29. The Morgan fingerprint density at radius 2 is 1.79 bits per heavy atom. The summed E-state index contributed by atoms with van der Waals surface area (Å²) in [6.07, 6.45) is -2.74. The van der Waals surface area contributed by atoms with Crippen LogP contribution in [-0.2, 0) is 13.5 Å². The number of halogens is 2. The number of carbonyl (C=O) groups excluding carboxylic acids is 1. The summed E-state index contributed by atoms with van der Waals surface area (Å²) in [5.74, 6) is -0.150. The summed E-state index contributed by atoms with van der Waals surface area (Å²) in [4.78, 5) is 12.3. The smallest absolute Gasteiger partial charge is 0.244 e. The zero-order chi connectivity index (χ0) is 14.0. The molecule has 0 unspecified atom stereocenters. The lowest BCUT2D eigenvalue weighted by Gasteiger charge is -2.07. The lowest BCUT2D eigenvalue weighted by molar-refractivity contribution is 0.102. The van der Waals surface area contributed by atoms with Gasteiger partial charge in [0.2, 0.25) is 12.2 Å². The molecule has 4 heteroatoms. The molecule has 2 rings (SSSR count). The number of hydrogen-bond donors (Lipinski definition) is 0. The summed E-state index contributed by atoms with van der Waals surface area (Å²) in [5.41, 5.74) is 2.53. The van der Waals surface area contributed by atoms with Crippen LogP contribution >= 0.6 is 0 Å². The Hall–Kier alpha value is -1.97. The molecule has 1 heterocycles. The number of ketones is 1. The van der Waals surface area contributed by atoms with Gasteiger partial charge >= 0.3 is 0 Å². The van der Waals surface area contributed by atoms with E-state index in [9.17, 15) is 13.6 Å². The highest BCUT2D eigenvalue weighted by molar-refractivity contribution is 6.08. The molecule has 0 N–H and O–H groups in total. The van der Waals surface area contributed by atoms with Crippen LogP contribution in [0.2, 0.25) is 0 Å². The topological polar surface area (TPSA) is 22.0 Å². The average Bonchev–Trinajstić information content (AvgIpc) is 2.70. The minimum Gasteiger partial charge on any atom is -0.345 e. The maximum atomic E-state index is 12.4. The SMILES string of the molecule is Cc1ccc(C(=O)c2ccc(CC(F)F)n2C)cc1. The standard InChI is InChI=1S/C15H15F2NO/c1-10-3-5-11(6-4-10)15(19)13-8-7-12(18(13)2)9-14(16)17/h3-8,14H,9H2,1-2H3. The Morgan fingerprint density at radius 3 is 2.37 bits per heavy atom. The van der Waals surface area contributed by atoms with Crippen LogP contribution in [-0.4, -0.2) is 16.8 Å². The van der Waals surface area contributed by atoms with E-state index in [2.05, 4.69) is 0 Å². The largest absolute Gasteiger partial charge is 0.345 e. The molecule has 100 valence electrons. The predicted molar refractivity (Wildman–Crippen MR) is 69.7 cm³/mol. The third-order valence-electron chi connectivity index (χ3n) is 3.14. The Kier molecular flexibility index (Phi) is 3.79. The van der Waals surface area contributed by atoms with Crippen molar-refractivity contribution < 1.29 is 13.6 Å². The van der Waals surface area contributed by atoms with Crippen LogP contribution in [0, 0.1) is 6.92 Å². The molecule has 0 bridgehead atoms. The molecule has 2 nitrogen and oxygen atoms in total. The zero-order valence-corrected chi connectivity index (χ0v) is 10.9. The molecule has 0 aliphatic heterocycles. The maximum Gasteiger partial charge on any atom is 0.244 e. The fourth-order valence-corrected chi connectivity index (χ4v) is 2.00. The number of carbonyl (C=O) groups is 1. The van der Waals surface area contributed by atoms with Crippen molar-refractivity contribution in [3.63, 3.8) is 0 Å². The number of rotatable bonds is 4. The van der Waals surface area contributed by atoms with Gasteiger partial charge in [-0.05, 0) is 19.1 Å². The van der Waals surface area contributed by atoms with E-state index in [0.717, 1.165) is 5.56 Å². The quantitative estimate of drug-likeness (QED) is 0.775. The molecule has 19 heavy (non-hydrogen) atoms. The van der Waals surface area contributed by atoms with Crippen molar-refractivity contribution in [3.05, 3.63) is 58.9 Å².